The van der Waals surface area contributed by atoms with Crippen LogP contribution in [0.2, 0.25) is 0 Å². The minimum atomic E-state index is 0.172. The van der Waals surface area contributed by atoms with Gasteiger partial charge in [-0.1, -0.05) is 17.7 Å². The largest absolute Gasteiger partial charge is 0.508 e. The van der Waals surface area contributed by atoms with Gasteiger partial charge in [0.1, 0.15) is 5.75 Å². The summed E-state index contributed by atoms with van der Waals surface area (Å²) in [5, 5.41) is 13.5. The van der Waals surface area contributed by atoms with Gasteiger partial charge in [-0.3, -0.25) is 0 Å². The van der Waals surface area contributed by atoms with Crippen LogP contribution in [0.1, 0.15) is 43.4 Å². The van der Waals surface area contributed by atoms with Crippen molar-refractivity contribution in [2.45, 2.75) is 51.3 Å². The summed E-state index contributed by atoms with van der Waals surface area (Å²) >= 11 is 0. The predicted octanol–water partition coefficient (Wildman–Crippen LogP) is 2.92. The molecule has 3 unspecified atom stereocenters. The van der Waals surface area contributed by atoms with E-state index in [1.54, 1.807) is 13.2 Å². The van der Waals surface area contributed by atoms with Gasteiger partial charge in [-0.2, -0.15) is 0 Å². The lowest BCUT2D eigenvalue weighted by atomic mass is 10.0. The normalized spacial score (nSPS) is 25.3. The molecule has 100 valence electrons. The number of aryl methyl sites for hydroxylation is 1. The maximum absolute atomic E-state index is 9.91. The first-order chi connectivity index (χ1) is 8.60. The van der Waals surface area contributed by atoms with Crippen molar-refractivity contribution in [2.75, 3.05) is 7.11 Å². The molecule has 0 spiro atoms. The van der Waals surface area contributed by atoms with E-state index >= 15 is 0 Å². The maximum atomic E-state index is 9.91. The third kappa shape index (κ3) is 3.03. The molecule has 0 radical (unpaired) electrons. The number of hydrogen-bond donors (Lipinski definition) is 2. The first-order valence-corrected chi connectivity index (χ1v) is 6.68. The van der Waals surface area contributed by atoms with Gasteiger partial charge in [0.25, 0.3) is 0 Å². The van der Waals surface area contributed by atoms with Crippen LogP contribution in [0.3, 0.4) is 0 Å². The highest BCUT2D eigenvalue weighted by Gasteiger charge is 2.26. The van der Waals surface area contributed by atoms with E-state index < -0.39 is 0 Å². The van der Waals surface area contributed by atoms with Crippen LogP contribution >= 0.6 is 0 Å². The number of aromatic hydroxyl groups is 1. The second-order valence-electron chi connectivity index (χ2n) is 5.32. The lowest BCUT2D eigenvalue weighted by molar-refractivity contribution is 0.106. The van der Waals surface area contributed by atoms with Gasteiger partial charge in [-0.05, 0) is 39.2 Å². The predicted molar refractivity (Wildman–Crippen MR) is 72.8 cm³/mol. The average Bonchev–Trinajstić information content (AvgIpc) is 2.80. The van der Waals surface area contributed by atoms with Crippen molar-refractivity contribution in [3.63, 3.8) is 0 Å². The van der Waals surface area contributed by atoms with Crippen LogP contribution in [0, 0.1) is 6.92 Å². The first-order valence-electron chi connectivity index (χ1n) is 6.68. The summed E-state index contributed by atoms with van der Waals surface area (Å²) < 4.78 is 5.38. The van der Waals surface area contributed by atoms with E-state index in [0.29, 0.717) is 17.9 Å². The molecule has 2 rings (SSSR count). The van der Waals surface area contributed by atoms with Gasteiger partial charge in [-0.25, -0.2) is 0 Å². The van der Waals surface area contributed by atoms with Crippen LogP contribution in [0.5, 0.6) is 5.75 Å². The summed E-state index contributed by atoms with van der Waals surface area (Å²) in [5.74, 6) is 0.377. The Labute approximate surface area is 109 Å². The second kappa shape index (κ2) is 5.72. The third-order valence-electron chi connectivity index (χ3n) is 3.85. The molecule has 3 nitrogen and oxygen atoms in total. The zero-order valence-electron chi connectivity index (χ0n) is 11.4. The number of hydrogen-bond acceptors (Lipinski definition) is 3. The molecule has 1 saturated carbocycles. The zero-order valence-corrected chi connectivity index (χ0v) is 11.4. The summed E-state index contributed by atoms with van der Waals surface area (Å²) in [5.41, 5.74) is 2.16. The number of nitrogens with one attached hydrogen (secondary N) is 1. The van der Waals surface area contributed by atoms with Crippen molar-refractivity contribution in [1.82, 2.24) is 5.32 Å². The monoisotopic (exact) mass is 249 g/mol. The number of rotatable bonds is 4. The van der Waals surface area contributed by atoms with Crippen molar-refractivity contribution in [3.05, 3.63) is 29.3 Å². The Balaban J connectivity index is 1.99. The molecule has 0 heterocycles. The molecule has 0 amide bonds. The zero-order chi connectivity index (χ0) is 13.1. The van der Waals surface area contributed by atoms with Crippen LogP contribution in [0.4, 0.5) is 0 Å². The third-order valence-corrected chi connectivity index (χ3v) is 3.85. The molecular formula is C15H23NO2. The van der Waals surface area contributed by atoms with E-state index in [9.17, 15) is 5.11 Å². The van der Waals surface area contributed by atoms with Crippen LogP contribution in [0.15, 0.2) is 18.2 Å². The van der Waals surface area contributed by atoms with Gasteiger partial charge < -0.3 is 15.2 Å². The first kappa shape index (κ1) is 13.4. The fraction of sp³-hybridized carbons (Fsp3) is 0.600. The van der Waals surface area contributed by atoms with Gasteiger partial charge in [0, 0.05) is 24.8 Å². The minimum Gasteiger partial charge on any atom is -0.508 e. The lowest BCUT2D eigenvalue weighted by Crippen LogP contribution is -2.30. The van der Waals surface area contributed by atoms with E-state index in [1.165, 1.54) is 5.56 Å². The van der Waals surface area contributed by atoms with Crippen molar-refractivity contribution in [1.29, 1.82) is 0 Å². The molecule has 0 saturated heterocycles. The highest BCUT2D eigenvalue weighted by molar-refractivity contribution is 5.37. The Morgan fingerprint density at radius 2 is 2.17 bits per heavy atom. The number of benzene rings is 1. The summed E-state index contributed by atoms with van der Waals surface area (Å²) in [7, 11) is 1.78. The topological polar surface area (TPSA) is 41.5 Å². The average molecular weight is 249 g/mol. The second-order valence-corrected chi connectivity index (χ2v) is 5.32. The molecule has 1 aromatic rings. The molecule has 1 aliphatic carbocycles. The van der Waals surface area contributed by atoms with Crippen molar-refractivity contribution >= 4 is 0 Å². The Kier molecular flexibility index (Phi) is 4.25. The molecule has 0 aliphatic heterocycles. The summed E-state index contributed by atoms with van der Waals surface area (Å²) in [6, 6.07) is 6.42. The molecule has 2 N–H and O–H groups in total. The number of phenols is 1. The van der Waals surface area contributed by atoms with Gasteiger partial charge >= 0.3 is 0 Å². The summed E-state index contributed by atoms with van der Waals surface area (Å²) in [6.07, 6.45) is 3.73. The Morgan fingerprint density at radius 3 is 2.83 bits per heavy atom. The standard InChI is InChI=1S/C15H23NO2/c1-10-4-7-15(17)14(8-10)11(2)16-12-5-6-13(9-12)18-3/h4,7-8,11-13,16-17H,5-6,9H2,1-3H3. The van der Waals surface area contributed by atoms with E-state index in [1.807, 2.05) is 13.0 Å². The van der Waals surface area contributed by atoms with Crippen molar-refractivity contribution in [3.8, 4) is 5.75 Å². The number of phenolic OH excluding ortho intramolecular Hbond substituents is 1. The van der Waals surface area contributed by atoms with E-state index in [-0.39, 0.29) is 6.04 Å². The molecule has 3 atom stereocenters. The molecule has 0 bridgehead atoms. The smallest absolute Gasteiger partial charge is 0.120 e. The lowest BCUT2D eigenvalue weighted by Gasteiger charge is -2.21. The molecule has 3 heteroatoms. The molecule has 0 aromatic heterocycles. The molecule has 1 fully saturated rings. The van der Waals surface area contributed by atoms with Crippen molar-refractivity contribution in [2.24, 2.45) is 0 Å². The van der Waals surface area contributed by atoms with E-state index in [0.717, 1.165) is 24.8 Å². The quantitative estimate of drug-likeness (QED) is 0.862. The van der Waals surface area contributed by atoms with E-state index in [2.05, 4.69) is 18.3 Å². The fourth-order valence-corrected chi connectivity index (χ4v) is 2.77. The Bertz CT molecular complexity index is 405. The van der Waals surface area contributed by atoms with Gasteiger partial charge in [0.2, 0.25) is 0 Å². The van der Waals surface area contributed by atoms with Gasteiger partial charge in [-0.15, -0.1) is 0 Å². The Morgan fingerprint density at radius 1 is 1.39 bits per heavy atom. The van der Waals surface area contributed by atoms with Gasteiger partial charge in [0.15, 0.2) is 0 Å². The van der Waals surface area contributed by atoms with E-state index in [4.69, 9.17) is 4.74 Å². The number of ether oxygens (including phenoxy) is 1. The van der Waals surface area contributed by atoms with Crippen LogP contribution in [-0.4, -0.2) is 24.4 Å². The Hall–Kier alpha value is -1.06. The van der Waals surface area contributed by atoms with Crippen LogP contribution in [0.25, 0.3) is 0 Å². The highest BCUT2D eigenvalue weighted by Crippen LogP contribution is 2.28. The van der Waals surface area contributed by atoms with Crippen LogP contribution in [-0.2, 0) is 4.74 Å². The molecule has 18 heavy (non-hydrogen) atoms. The number of methoxy groups -OCH3 is 1. The molecular weight excluding hydrogens is 226 g/mol. The SMILES string of the molecule is COC1CCC(NC(C)c2cc(C)ccc2O)C1. The molecule has 1 aromatic carbocycles. The molecule has 1 aliphatic rings. The fourth-order valence-electron chi connectivity index (χ4n) is 2.77. The summed E-state index contributed by atoms with van der Waals surface area (Å²) in [4.78, 5) is 0. The highest BCUT2D eigenvalue weighted by atomic mass is 16.5. The van der Waals surface area contributed by atoms with Gasteiger partial charge in [0.05, 0.1) is 6.10 Å². The summed E-state index contributed by atoms with van der Waals surface area (Å²) in [6.45, 7) is 4.15. The van der Waals surface area contributed by atoms with Crippen LogP contribution < -0.4 is 5.32 Å². The van der Waals surface area contributed by atoms with Crippen molar-refractivity contribution < 1.29 is 9.84 Å². The maximum Gasteiger partial charge on any atom is 0.120 e. The minimum absolute atomic E-state index is 0.172.